The molecule has 3 atom stereocenters. The van der Waals surface area contributed by atoms with Crippen molar-refractivity contribution in [1.29, 1.82) is 0 Å². The summed E-state index contributed by atoms with van der Waals surface area (Å²) in [5.41, 5.74) is 4.88. The second-order valence-electron chi connectivity index (χ2n) is 10.8. The molecule has 2 aliphatic rings. The molecule has 3 aromatic carbocycles. The molecule has 194 valence electrons. The van der Waals surface area contributed by atoms with E-state index in [-0.39, 0.29) is 23.5 Å². The van der Waals surface area contributed by atoms with Gasteiger partial charge in [-0.1, -0.05) is 45.0 Å². The Labute approximate surface area is 220 Å². The zero-order chi connectivity index (χ0) is 26.1. The molecular formula is C32H37NO4. The molecule has 0 aromatic heterocycles. The van der Waals surface area contributed by atoms with Crippen LogP contribution >= 0.6 is 0 Å². The summed E-state index contributed by atoms with van der Waals surface area (Å²) in [6.07, 6.45) is 0.895. The number of phenols is 2. The molecule has 5 rings (SSSR count). The molecule has 0 radical (unpaired) electrons. The fourth-order valence-corrected chi connectivity index (χ4v) is 5.57. The van der Waals surface area contributed by atoms with Crippen molar-refractivity contribution in [3.63, 3.8) is 0 Å². The third-order valence-corrected chi connectivity index (χ3v) is 7.54. The van der Waals surface area contributed by atoms with Crippen molar-refractivity contribution in [1.82, 2.24) is 4.90 Å². The standard InChI is InChI=1S/C32H37NO4/c1-20(2)30-28-17-26(35)10-13-29(28)37-32(31(30)24-6-5-7-25(34)16-24)23-8-11-27(12-9-23)36-19-22(4)33-15-14-21(3)18-33/h5-13,16-17,20-22,32,34-35H,14-15,18-19H2,1-4H3/t21-,22+,32?/m1/s1. The molecule has 1 unspecified atom stereocenters. The summed E-state index contributed by atoms with van der Waals surface area (Å²) in [5, 5.41) is 20.5. The first-order valence-electron chi connectivity index (χ1n) is 13.3. The topological polar surface area (TPSA) is 62.2 Å². The monoisotopic (exact) mass is 499 g/mol. The Kier molecular flexibility index (Phi) is 7.16. The van der Waals surface area contributed by atoms with Crippen LogP contribution in [0.4, 0.5) is 0 Å². The molecule has 2 N–H and O–H groups in total. The van der Waals surface area contributed by atoms with E-state index < -0.39 is 0 Å². The Morgan fingerprint density at radius 2 is 1.73 bits per heavy atom. The summed E-state index contributed by atoms with van der Waals surface area (Å²) in [6, 6.07) is 21.1. The maximum Gasteiger partial charge on any atom is 0.150 e. The highest BCUT2D eigenvalue weighted by atomic mass is 16.5. The number of phenolic OH excluding ortho intramolecular Hbond substituents is 2. The van der Waals surface area contributed by atoms with Crippen LogP contribution in [0.25, 0.3) is 11.1 Å². The number of likely N-dealkylation sites (tertiary alicyclic amines) is 1. The molecular weight excluding hydrogens is 462 g/mol. The van der Waals surface area contributed by atoms with E-state index in [0.29, 0.717) is 12.6 Å². The van der Waals surface area contributed by atoms with Crippen LogP contribution in [-0.2, 0) is 0 Å². The average Bonchev–Trinajstić information content (AvgIpc) is 3.32. The van der Waals surface area contributed by atoms with Crippen molar-refractivity contribution < 1.29 is 19.7 Å². The van der Waals surface area contributed by atoms with Crippen molar-refractivity contribution in [2.45, 2.75) is 46.3 Å². The number of allylic oxidation sites excluding steroid dienone is 1. The SMILES string of the molecule is CC(C)C1=C(c2cccc(O)c2)C(c2ccc(OC[C@H](C)N3CC[C@@H](C)C3)cc2)Oc2ccc(O)cc21. The minimum atomic E-state index is -0.365. The van der Waals surface area contributed by atoms with Crippen LogP contribution in [0.5, 0.6) is 23.0 Å². The third-order valence-electron chi connectivity index (χ3n) is 7.54. The average molecular weight is 500 g/mol. The van der Waals surface area contributed by atoms with Gasteiger partial charge in [-0.3, -0.25) is 4.90 Å². The molecule has 1 saturated heterocycles. The highest BCUT2D eigenvalue weighted by Crippen LogP contribution is 2.50. The number of aromatic hydroxyl groups is 2. The number of hydrogen-bond donors (Lipinski definition) is 2. The van der Waals surface area contributed by atoms with Gasteiger partial charge in [-0.15, -0.1) is 0 Å². The van der Waals surface area contributed by atoms with Gasteiger partial charge in [-0.05, 0) is 90.9 Å². The summed E-state index contributed by atoms with van der Waals surface area (Å²) in [4.78, 5) is 2.50. The Bertz CT molecular complexity index is 1280. The molecule has 5 heteroatoms. The Hall–Kier alpha value is -3.44. The van der Waals surface area contributed by atoms with Crippen LogP contribution < -0.4 is 9.47 Å². The van der Waals surface area contributed by atoms with Crippen LogP contribution in [0.3, 0.4) is 0 Å². The number of ether oxygens (including phenoxy) is 2. The molecule has 2 aliphatic heterocycles. The molecule has 0 aliphatic carbocycles. The lowest BCUT2D eigenvalue weighted by molar-refractivity contribution is 0.169. The summed E-state index contributed by atoms with van der Waals surface area (Å²) in [5.74, 6) is 2.92. The van der Waals surface area contributed by atoms with Gasteiger partial charge in [0.15, 0.2) is 0 Å². The predicted molar refractivity (Wildman–Crippen MR) is 148 cm³/mol. The Balaban J connectivity index is 1.46. The first-order chi connectivity index (χ1) is 17.8. The van der Waals surface area contributed by atoms with Crippen molar-refractivity contribution in [2.24, 2.45) is 11.8 Å². The zero-order valence-corrected chi connectivity index (χ0v) is 22.1. The number of benzene rings is 3. The molecule has 0 spiro atoms. The summed E-state index contributed by atoms with van der Waals surface area (Å²) in [7, 11) is 0. The highest BCUT2D eigenvalue weighted by molar-refractivity contribution is 5.97. The number of nitrogens with zero attached hydrogens (tertiary/aromatic N) is 1. The third kappa shape index (κ3) is 5.33. The van der Waals surface area contributed by atoms with Gasteiger partial charge in [0.2, 0.25) is 0 Å². The first-order valence-corrected chi connectivity index (χ1v) is 13.3. The zero-order valence-electron chi connectivity index (χ0n) is 22.1. The van der Waals surface area contributed by atoms with Gasteiger partial charge in [-0.2, -0.15) is 0 Å². The molecule has 3 aromatic rings. The predicted octanol–water partition coefficient (Wildman–Crippen LogP) is 6.91. The van der Waals surface area contributed by atoms with Crippen LogP contribution in [0.15, 0.2) is 66.7 Å². The lowest BCUT2D eigenvalue weighted by Gasteiger charge is -2.34. The van der Waals surface area contributed by atoms with Gasteiger partial charge in [0.25, 0.3) is 0 Å². The van der Waals surface area contributed by atoms with Crippen LogP contribution in [0, 0.1) is 11.8 Å². The van der Waals surface area contributed by atoms with Gasteiger partial charge in [0.1, 0.15) is 35.7 Å². The normalized spacial score (nSPS) is 20.6. The fourth-order valence-electron chi connectivity index (χ4n) is 5.57. The number of hydrogen-bond acceptors (Lipinski definition) is 5. The Morgan fingerprint density at radius 3 is 2.41 bits per heavy atom. The van der Waals surface area contributed by atoms with E-state index in [0.717, 1.165) is 58.3 Å². The van der Waals surface area contributed by atoms with E-state index in [1.807, 2.05) is 30.3 Å². The maximum absolute atomic E-state index is 10.3. The minimum absolute atomic E-state index is 0.168. The van der Waals surface area contributed by atoms with E-state index >= 15 is 0 Å². The minimum Gasteiger partial charge on any atom is -0.508 e. The van der Waals surface area contributed by atoms with Crippen molar-refractivity contribution >= 4 is 11.1 Å². The molecule has 0 amide bonds. The van der Waals surface area contributed by atoms with Gasteiger partial charge < -0.3 is 19.7 Å². The molecule has 0 saturated carbocycles. The lowest BCUT2D eigenvalue weighted by atomic mass is 9.81. The second-order valence-corrected chi connectivity index (χ2v) is 10.8. The van der Waals surface area contributed by atoms with Crippen LogP contribution in [0.1, 0.15) is 56.9 Å². The van der Waals surface area contributed by atoms with E-state index in [9.17, 15) is 10.2 Å². The largest absolute Gasteiger partial charge is 0.508 e. The van der Waals surface area contributed by atoms with Crippen molar-refractivity contribution in [3.05, 3.63) is 83.4 Å². The van der Waals surface area contributed by atoms with Crippen LogP contribution in [-0.4, -0.2) is 40.9 Å². The fraction of sp³-hybridized carbons (Fsp3) is 0.375. The van der Waals surface area contributed by atoms with E-state index in [1.54, 1.807) is 24.3 Å². The van der Waals surface area contributed by atoms with E-state index in [2.05, 4.69) is 44.7 Å². The molecule has 1 fully saturated rings. The smallest absolute Gasteiger partial charge is 0.150 e. The quantitative estimate of drug-likeness (QED) is 0.370. The van der Waals surface area contributed by atoms with Gasteiger partial charge in [0, 0.05) is 23.7 Å². The number of fused-ring (bicyclic) bond motifs is 1. The maximum atomic E-state index is 10.3. The molecule has 2 heterocycles. The Morgan fingerprint density at radius 1 is 0.973 bits per heavy atom. The first kappa shape index (κ1) is 25.2. The van der Waals surface area contributed by atoms with Crippen molar-refractivity contribution in [2.75, 3.05) is 19.7 Å². The highest BCUT2D eigenvalue weighted by Gasteiger charge is 2.32. The van der Waals surface area contributed by atoms with E-state index in [1.165, 1.54) is 6.42 Å². The second kappa shape index (κ2) is 10.5. The molecule has 37 heavy (non-hydrogen) atoms. The van der Waals surface area contributed by atoms with Crippen molar-refractivity contribution in [3.8, 4) is 23.0 Å². The summed E-state index contributed by atoms with van der Waals surface area (Å²) < 4.78 is 12.7. The summed E-state index contributed by atoms with van der Waals surface area (Å²) in [6.45, 7) is 11.8. The van der Waals surface area contributed by atoms with Gasteiger partial charge in [-0.25, -0.2) is 0 Å². The molecule has 0 bridgehead atoms. The lowest BCUT2D eigenvalue weighted by Crippen LogP contribution is -2.35. The van der Waals surface area contributed by atoms with Gasteiger partial charge in [0.05, 0.1) is 0 Å². The number of rotatable bonds is 7. The van der Waals surface area contributed by atoms with E-state index in [4.69, 9.17) is 9.47 Å². The molecule has 5 nitrogen and oxygen atoms in total. The summed E-state index contributed by atoms with van der Waals surface area (Å²) >= 11 is 0. The van der Waals surface area contributed by atoms with Crippen LogP contribution in [0.2, 0.25) is 0 Å². The van der Waals surface area contributed by atoms with Gasteiger partial charge >= 0.3 is 0 Å².